The molecule has 0 fully saturated rings. The van der Waals surface area contributed by atoms with Crippen molar-refractivity contribution in [3.05, 3.63) is 20.3 Å². The SMILES string of the molecule is CC(Cl)CC(C)NC(=O)c1cc(Cl)sc1Cl. The Labute approximate surface area is 114 Å². The zero-order valence-corrected chi connectivity index (χ0v) is 12.0. The van der Waals surface area contributed by atoms with E-state index in [1.54, 1.807) is 6.07 Å². The minimum atomic E-state index is -0.210. The van der Waals surface area contributed by atoms with Gasteiger partial charge < -0.3 is 5.32 Å². The molecule has 1 rings (SSSR count). The van der Waals surface area contributed by atoms with Crippen molar-refractivity contribution in [2.24, 2.45) is 0 Å². The average Bonchev–Trinajstić information content (AvgIpc) is 2.43. The van der Waals surface area contributed by atoms with E-state index < -0.39 is 0 Å². The van der Waals surface area contributed by atoms with Crippen LogP contribution < -0.4 is 5.32 Å². The fourth-order valence-corrected chi connectivity index (χ4v) is 3.07. The molecule has 0 aliphatic heterocycles. The number of hydrogen-bond donors (Lipinski definition) is 1. The molecule has 1 N–H and O–H groups in total. The quantitative estimate of drug-likeness (QED) is 0.830. The summed E-state index contributed by atoms with van der Waals surface area (Å²) in [6.07, 6.45) is 0.711. The number of amides is 1. The summed E-state index contributed by atoms with van der Waals surface area (Å²) in [6, 6.07) is 1.58. The lowest BCUT2D eigenvalue weighted by atomic mass is 10.2. The molecule has 0 aliphatic rings. The lowest BCUT2D eigenvalue weighted by Gasteiger charge is -2.14. The smallest absolute Gasteiger partial charge is 0.253 e. The largest absolute Gasteiger partial charge is 0.349 e. The van der Waals surface area contributed by atoms with Gasteiger partial charge in [0.05, 0.1) is 9.90 Å². The van der Waals surface area contributed by atoms with E-state index in [1.165, 1.54) is 11.3 Å². The Morgan fingerprint density at radius 2 is 2.12 bits per heavy atom. The zero-order chi connectivity index (χ0) is 12.3. The van der Waals surface area contributed by atoms with Crippen LogP contribution in [-0.4, -0.2) is 17.3 Å². The number of carbonyl (C=O) groups excluding carboxylic acids is 1. The monoisotopic (exact) mass is 299 g/mol. The number of thiophene rings is 1. The van der Waals surface area contributed by atoms with E-state index in [-0.39, 0.29) is 17.3 Å². The Bertz CT molecular complexity index is 378. The summed E-state index contributed by atoms with van der Waals surface area (Å²) in [5.41, 5.74) is 0.422. The lowest BCUT2D eigenvalue weighted by molar-refractivity contribution is 0.0939. The molecule has 2 atom stereocenters. The normalized spacial score (nSPS) is 14.6. The molecular formula is C10H12Cl3NOS. The summed E-state index contributed by atoms with van der Waals surface area (Å²) < 4.78 is 0.919. The number of rotatable bonds is 4. The molecule has 0 radical (unpaired) electrons. The highest BCUT2D eigenvalue weighted by Gasteiger charge is 2.16. The van der Waals surface area contributed by atoms with E-state index in [4.69, 9.17) is 34.8 Å². The van der Waals surface area contributed by atoms with Gasteiger partial charge in [-0.25, -0.2) is 0 Å². The van der Waals surface area contributed by atoms with Gasteiger partial charge in [0.25, 0.3) is 5.91 Å². The second kappa shape index (κ2) is 6.10. The van der Waals surface area contributed by atoms with Crippen LogP contribution in [0.5, 0.6) is 0 Å². The van der Waals surface area contributed by atoms with Crippen molar-refractivity contribution in [2.75, 3.05) is 0 Å². The van der Waals surface area contributed by atoms with Gasteiger partial charge in [-0.15, -0.1) is 22.9 Å². The van der Waals surface area contributed by atoms with Crippen LogP contribution in [0.25, 0.3) is 0 Å². The van der Waals surface area contributed by atoms with E-state index in [1.807, 2.05) is 13.8 Å². The molecule has 1 heterocycles. The molecule has 0 spiro atoms. The maximum Gasteiger partial charge on any atom is 0.253 e. The second-order valence-electron chi connectivity index (χ2n) is 3.63. The van der Waals surface area contributed by atoms with Crippen molar-refractivity contribution in [1.29, 1.82) is 0 Å². The van der Waals surface area contributed by atoms with E-state index in [9.17, 15) is 4.79 Å². The van der Waals surface area contributed by atoms with Crippen LogP contribution in [0, 0.1) is 0 Å². The van der Waals surface area contributed by atoms with Crippen molar-refractivity contribution in [2.45, 2.75) is 31.7 Å². The number of nitrogens with one attached hydrogen (secondary N) is 1. The van der Waals surface area contributed by atoms with Gasteiger partial charge >= 0.3 is 0 Å². The van der Waals surface area contributed by atoms with Crippen molar-refractivity contribution >= 4 is 52.0 Å². The molecule has 0 bridgehead atoms. The summed E-state index contributed by atoms with van der Waals surface area (Å²) in [6.45, 7) is 3.79. The van der Waals surface area contributed by atoms with Crippen molar-refractivity contribution in [3.8, 4) is 0 Å². The summed E-state index contributed by atoms with van der Waals surface area (Å²) >= 11 is 18.7. The maximum atomic E-state index is 11.8. The fraction of sp³-hybridized carbons (Fsp3) is 0.500. The van der Waals surface area contributed by atoms with E-state index >= 15 is 0 Å². The zero-order valence-electron chi connectivity index (χ0n) is 8.89. The maximum absolute atomic E-state index is 11.8. The third kappa shape index (κ3) is 4.13. The Balaban J connectivity index is 2.62. The van der Waals surface area contributed by atoms with E-state index in [0.717, 1.165) is 0 Å². The van der Waals surface area contributed by atoms with Gasteiger partial charge in [0, 0.05) is 11.4 Å². The molecule has 0 saturated heterocycles. The second-order valence-corrected chi connectivity index (χ2v) is 6.66. The van der Waals surface area contributed by atoms with Crippen molar-refractivity contribution < 1.29 is 4.79 Å². The predicted molar refractivity (Wildman–Crippen MR) is 71.2 cm³/mol. The Hall–Kier alpha value is 0.0400. The summed E-state index contributed by atoms with van der Waals surface area (Å²) in [5, 5.41) is 2.85. The van der Waals surface area contributed by atoms with Crippen LogP contribution in [-0.2, 0) is 0 Å². The summed E-state index contributed by atoms with van der Waals surface area (Å²) in [7, 11) is 0. The molecule has 0 aromatic carbocycles. The number of carbonyl (C=O) groups is 1. The highest BCUT2D eigenvalue weighted by Crippen LogP contribution is 2.31. The first-order chi connectivity index (χ1) is 7.40. The van der Waals surface area contributed by atoms with Crippen molar-refractivity contribution in [1.82, 2.24) is 5.32 Å². The highest BCUT2D eigenvalue weighted by molar-refractivity contribution is 7.20. The number of halogens is 3. The number of hydrogen-bond acceptors (Lipinski definition) is 2. The summed E-state index contributed by atoms with van der Waals surface area (Å²) in [4.78, 5) is 11.8. The van der Waals surface area contributed by atoms with Crippen LogP contribution in [0.3, 0.4) is 0 Å². The topological polar surface area (TPSA) is 29.1 Å². The van der Waals surface area contributed by atoms with Crippen LogP contribution in [0.15, 0.2) is 6.07 Å². The Kier molecular flexibility index (Phi) is 5.38. The van der Waals surface area contributed by atoms with Gasteiger partial charge in [0.15, 0.2) is 0 Å². The van der Waals surface area contributed by atoms with Crippen LogP contribution in [0.1, 0.15) is 30.6 Å². The molecule has 2 nitrogen and oxygen atoms in total. The van der Waals surface area contributed by atoms with Gasteiger partial charge in [0.2, 0.25) is 0 Å². The van der Waals surface area contributed by atoms with Crippen LogP contribution >= 0.6 is 46.1 Å². The minimum absolute atomic E-state index is 0.00902. The third-order valence-electron chi connectivity index (χ3n) is 1.96. The van der Waals surface area contributed by atoms with Gasteiger partial charge in [-0.1, -0.05) is 23.2 Å². The molecule has 1 amide bonds. The predicted octanol–water partition coefficient (Wildman–Crippen LogP) is 4.19. The van der Waals surface area contributed by atoms with Crippen LogP contribution in [0.4, 0.5) is 0 Å². The van der Waals surface area contributed by atoms with Gasteiger partial charge in [0.1, 0.15) is 4.34 Å². The van der Waals surface area contributed by atoms with Gasteiger partial charge in [-0.3, -0.25) is 4.79 Å². The van der Waals surface area contributed by atoms with Crippen molar-refractivity contribution in [3.63, 3.8) is 0 Å². The first-order valence-corrected chi connectivity index (χ1v) is 6.80. The number of alkyl halides is 1. The molecule has 2 unspecified atom stereocenters. The Morgan fingerprint density at radius 3 is 2.56 bits per heavy atom. The standard InChI is InChI=1S/C10H12Cl3NOS/c1-5(11)3-6(2)14-10(15)7-4-8(12)16-9(7)13/h4-6H,3H2,1-2H3,(H,14,15). The molecule has 1 aromatic heterocycles. The third-order valence-corrected chi connectivity index (χ3v) is 3.62. The first kappa shape index (κ1) is 14.1. The molecule has 6 heteroatoms. The lowest BCUT2D eigenvalue weighted by Crippen LogP contribution is -2.33. The Morgan fingerprint density at radius 1 is 1.50 bits per heavy atom. The molecule has 16 heavy (non-hydrogen) atoms. The molecular weight excluding hydrogens is 289 g/mol. The molecule has 0 aliphatic carbocycles. The molecule has 1 aromatic rings. The highest BCUT2D eigenvalue weighted by atomic mass is 35.5. The summed E-state index contributed by atoms with van der Waals surface area (Å²) in [5.74, 6) is -0.210. The first-order valence-electron chi connectivity index (χ1n) is 4.80. The van der Waals surface area contributed by atoms with Gasteiger partial charge in [-0.2, -0.15) is 0 Å². The molecule has 0 saturated carbocycles. The molecule has 90 valence electrons. The average molecular weight is 301 g/mol. The van der Waals surface area contributed by atoms with Gasteiger partial charge in [-0.05, 0) is 26.3 Å². The van der Waals surface area contributed by atoms with E-state index in [0.29, 0.717) is 20.7 Å². The minimum Gasteiger partial charge on any atom is -0.349 e. The fourth-order valence-electron chi connectivity index (χ4n) is 1.34. The van der Waals surface area contributed by atoms with Crippen LogP contribution in [0.2, 0.25) is 8.67 Å². The van der Waals surface area contributed by atoms with E-state index in [2.05, 4.69) is 5.32 Å².